The van der Waals surface area contributed by atoms with Crippen LogP contribution in [0.2, 0.25) is 0 Å². The maximum Gasteiger partial charge on any atom is 0.239 e. The molecule has 2 bridgehead atoms. The molecule has 2 aliphatic rings. The summed E-state index contributed by atoms with van der Waals surface area (Å²) >= 11 is 0. The van der Waals surface area contributed by atoms with Crippen LogP contribution in [0.15, 0.2) is 0 Å². The van der Waals surface area contributed by atoms with Crippen molar-refractivity contribution in [3.63, 3.8) is 0 Å². The Kier molecular flexibility index (Phi) is 5.20. The lowest BCUT2D eigenvalue weighted by molar-refractivity contribution is -0.127. The molecule has 6 nitrogen and oxygen atoms in total. The first-order valence-corrected chi connectivity index (χ1v) is 7.76. The molecule has 6 heteroatoms. The van der Waals surface area contributed by atoms with Crippen molar-refractivity contribution >= 4 is 17.7 Å². The van der Waals surface area contributed by atoms with Gasteiger partial charge in [0.1, 0.15) is 0 Å². The van der Waals surface area contributed by atoms with Gasteiger partial charge in [0.05, 0.1) is 13.1 Å². The number of hydrogen-bond donors (Lipinski definition) is 3. The number of rotatable bonds is 6. The highest BCUT2D eigenvalue weighted by atomic mass is 16.2. The monoisotopic (exact) mass is 295 g/mol. The van der Waals surface area contributed by atoms with Crippen LogP contribution < -0.4 is 16.0 Å². The van der Waals surface area contributed by atoms with E-state index in [-0.39, 0.29) is 36.9 Å². The molecule has 0 radical (unpaired) electrons. The average Bonchev–Trinajstić information content (AvgIpc) is 3.05. The predicted octanol–water partition coefficient (Wildman–Crippen LogP) is 0.180. The van der Waals surface area contributed by atoms with Crippen molar-refractivity contribution in [2.45, 2.75) is 45.6 Å². The second-order valence-electron chi connectivity index (χ2n) is 6.38. The molecule has 118 valence electrons. The van der Waals surface area contributed by atoms with Gasteiger partial charge in [-0.3, -0.25) is 14.4 Å². The lowest BCUT2D eigenvalue weighted by Gasteiger charge is -2.28. The number of fused-ring (bicyclic) bond motifs is 2. The minimum atomic E-state index is -0.354. The number of carbonyl (C=O) groups is 3. The fourth-order valence-electron chi connectivity index (χ4n) is 3.76. The molecule has 3 N–H and O–H groups in total. The minimum absolute atomic E-state index is 0.0381. The van der Waals surface area contributed by atoms with Gasteiger partial charge in [0.25, 0.3) is 0 Å². The Bertz CT molecular complexity index is 424. The molecule has 3 amide bonds. The molecule has 2 fully saturated rings. The second-order valence-corrected chi connectivity index (χ2v) is 6.38. The Balaban J connectivity index is 1.65. The molecule has 0 aromatic rings. The van der Waals surface area contributed by atoms with Gasteiger partial charge >= 0.3 is 0 Å². The van der Waals surface area contributed by atoms with Gasteiger partial charge < -0.3 is 16.0 Å². The highest BCUT2D eigenvalue weighted by Crippen LogP contribution is 2.49. The molecular weight excluding hydrogens is 270 g/mol. The molecule has 2 saturated carbocycles. The summed E-state index contributed by atoms with van der Waals surface area (Å²) in [5, 5.41) is 7.88. The molecular formula is C15H25N3O3. The molecule has 0 aromatic carbocycles. The van der Waals surface area contributed by atoms with E-state index in [1.807, 2.05) is 0 Å². The van der Waals surface area contributed by atoms with Crippen LogP contribution in [0.4, 0.5) is 0 Å². The molecule has 4 unspecified atom stereocenters. The van der Waals surface area contributed by atoms with Crippen LogP contribution in [0.3, 0.4) is 0 Å². The zero-order chi connectivity index (χ0) is 15.4. The number of nitrogens with one attached hydrogen (secondary N) is 3. The van der Waals surface area contributed by atoms with Crippen molar-refractivity contribution in [2.24, 2.45) is 17.8 Å². The smallest absolute Gasteiger partial charge is 0.239 e. The molecule has 0 aliphatic heterocycles. The van der Waals surface area contributed by atoms with Crippen LogP contribution in [0.5, 0.6) is 0 Å². The summed E-state index contributed by atoms with van der Waals surface area (Å²) in [5.41, 5.74) is 0. The molecule has 0 spiro atoms. The van der Waals surface area contributed by atoms with E-state index in [9.17, 15) is 14.4 Å². The van der Waals surface area contributed by atoms with Crippen molar-refractivity contribution in [1.29, 1.82) is 0 Å². The van der Waals surface area contributed by atoms with Gasteiger partial charge in [0.15, 0.2) is 0 Å². The van der Waals surface area contributed by atoms with Crippen LogP contribution >= 0.6 is 0 Å². The first-order chi connectivity index (χ1) is 9.95. The molecule has 0 aromatic heterocycles. The third-order valence-corrected chi connectivity index (χ3v) is 4.77. The van der Waals surface area contributed by atoms with Crippen LogP contribution in [0, 0.1) is 17.8 Å². The standard InChI is InChI=1S/C15H25N3O3/c1-9(13-6-11-3-4-12(13)5-11)18-15(21)8-17-14(20)7-16-10(2)19/h9,11-13H,3-8H2,1-2H3,(H,16,19)(H,17,20)(H,18,21). The highest BCUT2D eigenvalue weighted by molar-refractivity contribution is 5.87. The molecule has 21 heavy (non-hydrogen) atoms. The maximum absolute atomic E-state index is 11.8. The lowest BCUT2D eigenvalue weighted by Crippen LogP contribution is -2.46. The van der Waals surface area contributed by atoms with Crippen LogP contribution in [0.25, 0.3) is 0 Å². The first kappa shape index (κ1) is 15.8. The summed E-state index contributed by atoms with van der Waals surface area (Å²) in [4.78, 5) is 33.9. The summed E-state index contributed by atoms with van der Waals surface area (Å²) in [6, 6.07) is 0.167. The molecule has 0 heterocycles. The highest BCUT2D eigenvalue weighted by Gasteiger charge is 2.42. The van der Waals surface area contributed by atoms with Gasteiger partial charge in [-0.1, -0.05) is 6.42 Å². The van der Waals surface area contributed by atoms with E-state index in [0.29, 0.717) is 5.92 Å². The van der Waals surface area contributed by atoms with Crippen LogP contribution in [0.1, 0.15) is 39.5 Å². The fraction of sp³-hybridized carbons (Fsp3) is 0.800. The molecule has 2 aliphatic carbocycles. The maximum atomic E-state index is 11.8. The Morgan fingerprint density at radius 3 is 2.33 bits per heavy atom. The topological polar surface area (TPSA) is 87.3 Å². The van der Waals surface area contributed by atoms with Gasteiger partial charge in [-0.25, -0.2) is 0 Å². The van der Waals surface area contributed by atoms with E-state index in [0.717, 1.165) is 11.8 Å². The van der Waals surface area contributed by atoms with E-state index >= 15 is 0 Å². The summed E-state index contributed by atoms with van der Waals surface area (Å²) in [5.74, 6) is 1.42. The number of amides is 3. The average molecular weight is 295 g/mol. The minimum Gasteiger partial charge on any atom is -0.352 e. The largest absolute Gasteiger partial charge is 0.352 e. The molecule has 0 saturated heterocycles. The summed E-state index contributed by atoms with van der Waals surface area (Å²) in [6.45, 7) is 3.27. The van der Waals surface area contributed by atoms with E-state index in [2.05, 4.69) is 22.9 Å². The van der Waals surface area contributed by atoms with Gasteiger partial charge in [-0.15, -0.1) is 0 Å². The third kappa shape index (κ3) is 4.44. The number of carbonyl (C=O) groups excluding carboxylic acids is 3. The first-order valence-electron chi connectivity index (χ1n) is 7.76. The number of hydrogen-bond acceptors (Lipinski definition) is 3. The Morgan fingerprint density at radius 2 is 1.76 bits per heavy atom. The SMILES string of the molecule is CC(=O)NCC(=O)NCC(=O)NC(C)C1CC2CCC1C2. The predicted molar refractivity (Wildman–Crippen MR) is 78.2 cm³/mol. The normalized spacial score (nSPS) is 28.0. The summed E-state index contributed by atoms with van der Waals surface area (Å²) < 4.78 is 0. The fourth-order valence-corrected chi connectivity index (χ4v) is 3.76. The lowest BCUT2D eigenvalue weighted by atomic mass is 9.84. The Hall–Kier alpha value is -1.59. The van der Waals surface area contributed by atoms with Gasteiger partial charge in [-0.05, 0) is 43.9 Å². The van der Waals surface area contributed by atoms with Crippen molar-refractivity contribution in [3.05, 3.63) is 0 Å². The third-order valence-electron chi connectivity index (χ3n) is 4.77. The van der Waals surface area contributed by atoms with Crippen molar-refractivity contribution in [2.75, 3.05) is 13.1 Å². The van der Waals surface area contributed by atoms with Crippen molar-refractivity contribution < 1.29 is 14.4 Å². The van der Waals surface area contributed by atoms with Gasteiger partial charge in [0, 0.05) is 13.0 Å². The van der Waals surface area contributed by atoms with Gasteiger partial charge in [0.2, 0.25) is 17.7 Å². The molecule has 4 atom stereocenters. The van der Waals surface area contributed by atoms with E-state index in [1.165, 1.54) is 32.6 Å². The van der Waals surface area contributed by atoms with Gasteiger partial charge in [-0.2, -0.15) is 0 Å². The van der Waals surface area contributed by atoms with E-state index in [4.69, 9.17) is 0 Å². The second kappa shape index (κ2) is 6.91. The Labute approximate surface area is 125 Å². The van der Waals surface area contributed by atoms with Crippen molar-refractivity contribution in [1.82, 2.24) is 16.0 Å². The van der Waals surface area contributed by atoms with Crippen molar-refractivity contribution in [3.8, 4) is 0 Å². The zero-order valence-corrected chi connectivity index (χ0v) is 12.8. The van der Waals surface area contributed by atoms with Crippen LogP contribution in [-0.4, -0.2) is 36.9 Å². The van der Waals surface area contributed by atoms with E-state index in [1.54, 1.807) is 0 Å². The quantitative estimate of drug-likeness (QED) is 0.653. The zero-order valence-electron chi connectivity index (χ0n) is 12.8. The summed E-state index contributed by atoms with van der Waals surface area (Å²) in [7, 11) is 0. The Morgan fingerprint density at radius 1 is 1.05 bits per heavy atom. The van der Waals surface area contributed by atoms with E-state index < -0.39 is 0 Å². The summed E-state index contributed by atoms with van der Waals surface area (Å²) in [6.07, 6.45) is 5.18. The van der Waals surface area contributed by atoms with Crippen LogP contribution in [-0.2, 0) is 14.4 Å². The molecule has 2 rings (SSSR count).